The highest BCUT2D eigenvalue weighted by molar-refractivity contribution is 7.98. The van der Waals surface area contributed by atoms with Crippen LogP contribution in [-0.4, -0.2) is 31.9 Å². The molecular weight excluding hydrogens is 334 g/mol. The van der Waals surface area contributed by atoms with Crippen molar-refractivity contribution in [1.29, 1.82) is 0 Å². The van der Waals surface area contributed by atoms with E-state index in [9.17, 15) is 0 Å². The molecule has 0 saturated carbocycles. The molecule has 4 aromatic rings. The lowest BCUT2D eigenvalue weighted by molar-refractivity contribution is 0.415. The summed E-state index contributed by atoms with van der Waals surface area (Å²) in [5.41, 5.74) is 3.79. The lowest BCUT2D eigenvalue weighted by Crippen LogP contribution is -1.96. The molecule has 3 aromatic heterocycles. The molecule has 0 N–H and O–H groups in total. The van der Waals surface area contributed by atoms with Crippen LogP contribution < -0.4 is 4.74 Å². The van der Waals surface area contributed by atoms with E-state index in [0.717, 1.165) is 33.6 Å². The molecule has 0 fully saturated rings. The largest absolute Gasteiger partial charge is 0.497 e. The number of aromatic nitrogens is 5. The van der Waals surface area contributed by atoms with Crippen molar-refractivity contribution in [2.45, 2.75) is 10.9 Å². The fourth-order valence-electron chi connectivity index (χ4n) is 2.40. The maximum Gasteiger partial charge on any atom is 0.212 e. The maximum atomic E-state index is 5.20. The van der Waals surface area contributed by atoms with Gasteiger partial charge in [0.05, 0.1) is 12.8 Å². The molecule has 25 heavy (non-hydrogen) atoms. The van der Waals surface area contributed by atoms with Gasteiger partial charge in [-0.25, -0.2) is 0 Å². The Hall–Kier alpha value is -2.93. The summed E-state index contributed by atoms with van der Waals surface area (Å²) in [7, 11) is 1.66. The third-order valence-corrected chi connectivity index (χ3v) is 4.73. The normalized spacial score (nSPS) is 10.9. The fraction of sp³-hybridized carbons (Fsp3) is 0.111. The first-order chi connectivity index (χ1) is 12.3. The predicted octanol–water partition coefficient (Wildman–Crippen LogP) is 3.49. The lowest BCUT2D eigenvalue weighted by atomic mass is 10.1. The Balaban J connectivity index is 1.62. The number of fused-ring (bicyclic) bond motifs is 1. The van der Waals surface area contributed by atoms with Crippen molar-refractivity contribution >= 4 is 17.4 Å². The van der Waals surface area contributed by atoms with Crippen LogP contribution in [0, 0.1) is 0 Å². The van der Waals surface area contributed by atoms with E-state index in [0.29, 0.717) is 0 Å². The summed E-state index contributed by atoms with van der Waals surface area (Å²) in [5, 5.41) is 13.9. The minimum absolute atomic E-state index is 0.731. The van der Waals surface area contributed by atoms with Crippen LogP contribution in [-0.2, 0) is 5.75 Å². The number of ether oxygens (including phenoxy) is 1. The minimum atomic E-state index is 0.731. The Kier molecular flexibility index (Phi) is 4.30. The molecule has 0 radical (unpaired) electrons. The Morgan fingerprint density at radius 2 is 1.76 bits per heavy atom. The van der Waals surface area contributed by atoms with Crippen LogP contribution >= 0.6 is 11.8 Å². The summed E-state index contributed by atoms with van der Waals surface area (Å²) in [6.07, 6.45) is 3.58. The number of pyridine rings is 1. The monoisotopic (exact) mass is 349 g/mol. The van der Waals surface area contributed by atoms with Crippen LogP contribution in [0.1, 0.15) is 5.56 Å². The van der Waals surface area contributed by atoms with Crippen LogP contribution in [0.3, 0.4) is 0 Å². The Labute approximate surface area is 148 Å². The van der Waals surface area contributed by atoms with Gasteiger partial charge >= 0.3 is 0 Å². The van der Waals surface area contributed by atoms with Crippen molar-refractivity contribution in [1.82, 2.24) is 24.8 Å². The molecule has 3 heterocycles. The average molecular weight is 349 g/mol. The highest BCUT2D eigenvalue weighted by Gasteiger charge is 2.10. The zero-order chi connectivity index (χ0) is 17.1. The van der Waals surface area contributed by atoms with E-state index in [1.807, 2.05) is 48.5 Å². The van der Waals surface area contributed by atoms with Crippen molar-refractivity contribution in [3.8, 4) is 17.0 Å². The van der Waals surface area contributed by atoms with Gasteiger partial charge in [0.2, 0.25) is 5.16 Å². The molecule has 0 aliphatic heterocycles. The number of rotatable bonds is 5. The molecule has 0 unspecified atom stereocenters. The molecule has 0 bridgehead atoms. The van der Waals surface area contributed by atoms with Crippen LogP contribution in [0.2, 0.25) is 0 Å². The van der Waals surface area contributed by atoms with E-state index >= 15 is 0 Å². The van der Waals surface area contributed by atoms with E-state index < -0.39 is 0 Å². The molecule has 124 valence electrons. The summed E-state index contributed by atoms with van der Waals surface area (Å²) in [5.74, 6) is 1.61. The number of benzene rings is 1. The van der Waals surface area contributed by atoms with Crippen LogP contribution in [0.15, 0.2) is 66.1 Å². The van der Waals surface area contributed by atoms with E-state index in [-0.39, 0.29) is 0 Å². The van der Waals surface area contributed by atoms with Crippen molar-refractivity contribution in [2.24, 2.45) is 0 Å². The van der Waals surface area contributed by atoms with Gasteiger partial charge in [0.15, 0.2) is 5.65 Å². The van der Waals surface area contributed by atoms with E-state index in [4.69, 9.17) is 9.84 Å². The van der Waals surface area contributed by atoms with Gasteiger partial charge in [-0.1, -0.05) is 11.8 Å². The Bertz CT molecular complexity index is 985. The topological polar surface area (TPSA) is 65.2 Å². The highest BCUT2D eigenvalue weighted by atomic mass is 32.2. The highest BCUT2D eigenvalue weighted by Crippen LogP contribution is 2.24. The second kappa shape index (κ2) is 6.90. The molecule has 6 nitrogen and oxygen atoms in total. The van der Waals surface area contributed by atoms with E-state index in [1.54, 1.807) is 35.8 Å². The van der Waals surface area contributed by atoms with Crippen LogP contribution in [0.4, 0.5) is 0 Å². The zero-order valence-electron chi connectivity index (χ0n) is 13.5. The summed E-state index contributed by atoms with van der Waals surface area (Å²) < 4.78 is 6.99. The average Bonchev–Trinajstić information content (AvgIpc) is 3.09. The second-order valence-corrected chi connectivity index (χ2v) is 6.29. The van der Waals surface area contributed by atoms with Gasteiger partial charge in [0.25, 0.3) is 0 Å². The van der Waals surface area contributed by atoms with Crippen molar-refractivity contribution < 1.29 is 4.74 Å². The molecule has 1 aromatic carbocycles. The third-order valence-electron chi connectivity index (χ3n) is 3.74. The smallest absolute Gasteiger partial charge is 0.212 e. The Morgan fingerprint density at radius 1 is 0.960 bits per heavy atom. The number of nitrogens with zero attached hydrogens (tertiary/aromatic N) is 5. The summed E-state index contributed by atoms with van der Waals surface area (Å²) >= 11 is 1.60. The van der Waals surface area contributed by atoms with Gasteiger partial charge in [0.1, 0.15) is 5.75 Å². The van der Waals surface area contributed by atoms with Crippen LogP contribution in [0.5, 0.6) is 5.75 Å². The van der Waals surface area contributed by atoms with E-state index in [2.05, 4.69) is 15.2 Å². The molecule has 0 spiro atoms. The molecule has 0 amide bonds. The lowest BCUT2D eigenvalue weighted by Gasteiger charge is -2.04. The minimum Gasteiger partial charge on any atom is -0.497 e. The first kappa shape index (κ1) is 15.6. The Morgan fingerprint density at radius 3 is 2.52 bits per heavy atom. The van der Waals surface area contributed by atoms with Gasteiger partial charge < -0.3 is 4.74 Å². The van der Waals surface area contributed by atoms with Crippen molar-refractivity contribution in [2.75, 3.05) is 7.11 Å². The standard InChI is InChI=1S/C18H15N5OS/c1-24-15-4-2-14(3-5-15)16-6-7-17-20-21-18(23(17)22-16)25-12-13-8-10-19-11-9-13/h2-11H,12H2,1H3. The van der Waals surface area contributed by atoms with Gasteiger partial charge in [-0.05, 0) is 54.1 Å². The van der Waals surface area contributed by atoms with Crippen molar-refractivity contribution in [3.05, 3.63) is 66.5 Å². The second-order valence-electron chi connectivity index (χ2n) is 5.34. The molecule has 0 aliphatic carbocycles. The summed E-state index contributed by atoms with van der Waals surface area (Å²) in [6, 6.07) is 15.7. The van der Waals surface area contributed by atoms with Gasteiger partial charge in [-0.3, -0.25) is 4.98 Å². The molecule has 7 heteroatoms. The van der Waals surface area contributed by atoms with E-state index in [1.165, 1.54) is 5.56 Å². The predicted molar refractivity (Wildman–Crippen MR) is 96.6 cm³/mol. The quantitative estimate of drug-likeness (QED) is 0.514. The first-order valence-corrected chi connectivity index (χ1v) is 8.70. The number of methoxy groups -OCH3 is 1. The maximum absolute atomic E-state index is 5.20. The number of hydrogen-bond donors (Lipinski definition) is 0. The number of hydrogen-bond acceptors (Lipinski definition) is 6. The zero-order valence-corrected chi connectivity index (χ0v) is 14.3. The SMILES string of the molecule is COc1ccc(-c2ccc3nnc(SCc4ccncc4)n3n2)cc1. The molecule has 0 saturated heterocycles. The van der Waals surface area contributed by atoms with Crippen LogP contribution in [0.25, 0.3) is 16.9 Å². The number of thioether (sulfide) groups is 1. The molecule has 0 aliphatic rings. The molecule has 4 rings (SSSR count). The fourth-order valence-corrected chi connectivity index (χ4v) is 3.25. The van der Waals surface area contributed by atoms with Gasteiger partial charge in [0, 0.05) is 23.7 Å². The molecular formula is C18H15N5OS. The van der Waals surface area contributed by atoms with Crippen molar-refractivity contribution in [3.63, 3.8) is 0 Å². The summed E-state index contributed by atoms with van der Waals surface area (Å²) in [6.45, 7) is 0. The molecule has 0 atom stereocenters. The first-order valence-electron chi connectivity index (χ1n) is 7.72. The third kappa shape index (κ3) is 3.32. The van der Waals surface area contributed by atoms with Gasteiger partial charge in [-0.2, -0.15) is 9.61 Å². The summed E-state index contributed by atoms with van der Waals surface area (Å²) in [4.78, 5) is 4.03. The van der Waals surface area contributed by atoms with Gasteiger partial charge in [-0.15, -0.1) is 10.2 Å².